The molecule has 0 bridgehead atoms. The quantitative estimate of drug-likeness (QED) is 0.845. The molecule has 0 aliphatic rings. The molecular weight excluding hydrogens is 320 g/mol. The molecule has 0 aromatic heterocycles. The van der Waals surface area contributed by atoms with E-state index < -0.39 is 0 Å². The van der Waals surface area contributed by atoms with Crippen LogP contribution in [0.15, 0.2) is 46.9 Å². The van der Waals surface area contributed by atoms with E-state index in [2.05, 4.69) is 21.2 Å². The van der Waals surface area contributed by atoms with Crippen LogP contribution in [0.1, 0.15) is 15.9 Å². The smallest absolute Gasteiger partial charge is 0.253 e. The molecule has 0 fully saturated rings. The highest BCUT2D eigenvalue weighted by atomic mass is 79.9. The molecule has 2 aromatic rings. The maximum absolute atomic E-state index is 12.1. The predicted octanol–water partition coefficient (Wildman–Crippen LogP) is 2.97. The van der Waals surface area contributed by atoms with Crippen molar-refractivity contribution in [3.63, 3.8) is 0 Å². The van der Waals surface area contributed by atoms with E-state index >= 15 is 0 Å². The average Bonchev–Trinajstić information content (AvgIpc) is 2.45. The molecule has 5 heteroatoms. The minimum Gasteiger partial charge on any atom is -0.495 e. The van der Waals surface area contributed by atoms with E-state index in [1.807, 2.05) is 24.3 Å². The molecule has 0 unspecified atom stereocenters. The second kappa shape index (κ2) is 6.43. The predicted molar refractivity (Wildman–Crippen MR) is 82.7 cm³/mol. The zero-order valence-electron chi connectivity index (χ0n) is 11.0. The number of nitrogens with one attached hydrogen (secondary N) is 1. The number of nitrogen functional groups attached to an aromatic ring is 1. The van der Waals surface area contributed by atoms with Gasteiger partial charge in [-0.15, -0.1) is 0 Å². The van der Waals surface area contributed by atoms with Crippen LogP contribution in [-0.2, 0) is 6.54 Å². The number of hydrogen-bond donors (Lipinski definition) is 2. The van der Waals surface area contributed by atoms with Crippen molar-refractivity contribution < 1.29 is 9.53 Å². The summed E-state index contributed by atoms with van der Waals surface area (Å²) in [6, 6.07) is 12.9. The summed E-state index contributed by atoms with van der Waals surface area (Å²) >= 11 is 3.40. The lowest BCUT2D eigenvalue weighted by Gasteiger charge is -2.10. The second-order valence-corrected chi connectivity index (χ2v) is 5.15. The van der Waals surface area contributed by atoms with Crippen LogP contribution in [0, 0.1) is 0 Å². The number of amides is 1. The molecule has 4 nitrogen and oxygen atoms in total. The Balaban J connectivity index is 2.09. The lowest BCUT2D eigenvalue weighted by molar-refractivity contribution is 0.0951. The first-order valence-electron chi connectivity index (χ1n) is 6.07. The Morgan fingerprint density at radius 2 is 2.05 bits per heavy atom. The number of methoxy groups -OCH3 is 1. The first-order chi connectivity index (χ1) is 9.61. The van der Waals surface area contributed by atoms with Gasteiger partial charge in [0.25, 0.3) is 5.91 Å². The van der Waals surface area contributed by atoms with E-state index in [0.717, 1.165) is 10.0 Å². The maximum atomic E-state index is 12.1. The summed E-state index contributed by atoms with van der Waals surface area (Å²) in [5.74, 6) is 0.279. The van der Waals surface area contributed by atoms with Gasteiger partial charge < -0.3 is 15.8 Å². The maximum Gasteiger partial charge on any atom is 0.253 e. The number of rotatable bonds is 4. The molecule has 3 N–H and O–H groups in total. The Morgan fingerprint density at radius 1 is 1.30 bits per heavy atom. The van der Waals surface area contributed by atoms with E-state index in [1.165, 1.54) is 7.11 Å². The van der Waals surface area contributed by atoms with Crippen LogP contribution in [0.4, 0.5) is 5.69 Å². The molecule has 0 heterocycles. The number of carbonyl (C=O) groups excluding carboxylic acids is 1. The molecule has 2 rings (SSSR count). The van der Waals surface area contributed by atoms with Gasteiger partial charge in [0.15, 0.2) is 0 Å². The number of nitrogens with two attached hydrogens (primary N) is 1. The van der Waals surface area contributed by atoms with Crippen LogP contribution >= 0.6 is 15.9 Å². The molecule has 0 atom stereocenters. The molecule has 1 amide bonds. The van der Waals surface area contributed by atoms with Crippen LogP contribution in [0.3, 0.4) is 0 Å². The third-order valence-corrected chi connectivity index (χ3v) is 3.37. The summed E-state index contributed by atoms with van der Waals surface area (Å²) < 4.78 is 6.08. The zero-order chi connectivity index (χ0) is 14.5. The minimum absolute atomic E-state index is 0.221. The monoisotopic (exact) mass is 334 g/mol. The molecule has 0 aliphatic carbocycles. The first kappa shape index (κ1) is 14.4. The van der Waals surface area contributed by atoms with Crippen molar-refractivity contribution in [3.05, 3.63) is 58.1 Å². The van der Waals surface area contributed by atoms with Gasteiger partial charge in [-0.05, 0) is 29.8 Å². The molecular formula is C15H15BrN2O2. The average molecular weight is 335 g/mol. The van der Waals surface area contributed by atoms with E-state index in [1.54, 1.807) is 18.2 Å². The molecule has 0 saturated heterocycles. The minimum atomic E-state index is -0.221. The number of ether oxygens (including phenoxy) is 1. The number of carbonyl (C=O) groups is 1. The summed E-state index contributed by atoms with van der Waals surface area (Å²) in [6.07, 6.45) is 0. The fraction of sp³-hybridized carbons (Fsp3) is 0.133. The fourth-order valence-electron chi connectivity index (χ4n) is 1.84. The van der Waals surface area contributed by atoms with Gasteiger partial charge in [0.05, 0.1) is 18.4 Å². The van der Waals surface area contributed by atoms with Gasteiger partial charge in [0.2, 0.25) is 0 Å². The van der Waals surface area contributed by atoms with Crippen molar-refractivity contribution in [2.24, 2.45) is 0 Å². The third-order valence-electron chi connectivity index (χ3n) is 2.87. The van der Waals surface area contributed by atoms with Crippen LogP contribution in [0.5, 0.6) is 5.75 Å². The van der Waals surface area contributed by atoms with Gasteiger partial charge in [0.1, 0.15) is 5.75 Å². The lowest BCUT2D eigenvalue weighted by atomic mass is 10.1. The Labute approximate surface area is 126 Å². The second-order valence-electron chi connectivity index (χ2n) is 4.23. The highest BCUT2D eigenvalue weighted by Gasteiger charge is 2.12. The Bertz CT molecular complexity index is 629. The Morgan fingerprint density at radius 3 is 2.75 bits per heavy atom. The van der Waals surface area contributed by atoms with Crippen molar-refractivity contribution in [1.29, 1.82) is 0 Å². The summed E-state index contributed by atoms with van der Waals surface area (Å²) in [5, 5.41) is 2.84. The van der Waals surface area contributed by atoms with Gasteiger partial charge in [-0.1, -0.05) is 34.1 Å². The first-order valence-corrected chi connectivity index (χ1v) is 6.86. The van der Waals surface area contributed by atoms with E-state index in [4.69, 9.17) is 10.5 Å². The number of halogens is 1. The van der Waals surface area contributed by atoms with Gasteiger partial charge in [-0.25, -0.2) is 0 Å². The molecule has 20 heavy (non-hydrogen) atoms. The molecule has 0 spiro atoms. The molecule has 0 saturated carbocycles. The van der Waals surface area contributed by atoms with E-state index in [0.29, 0.717) is 23.5 Å². The SMILES string of the molecule is COc1cccc(C(=O)NCc2cccc(Br)c2)c1N. The summed E-state index contributed by atoms with van der Waals surface area (Å²) in [6.45, 7) is 0.439. The Hall–Kier alpha value is -2.01. The molecule has 0 aliphatic heterocycles. The number of hydrogen-bond acceptors (Lipinski definition) is 3. The van der Waals surface area contributed by atoms with Crippen molar-refractivity contribution in [1.82, 2.24) is 5.32 Å². The van der Waals surface area contributed by atoms with Crippen LogP contribution in [-0.4, -0.2) is 13.0 Å². The van der Waals surface area contributed by atoms with Crippen molar-refractivity contribution >= 4 is 27.5 Å². The highest BCUT2D eigenvalue weighted by molar-refractivity contribution is 9.10. The van der Waals surface area contributed by atoms with Gasteiger partial charge in [-0.3, -0.25) is 4.79 Å². The summed E-state index contributed by atoms with van der Waals surface area (Å²) in [4.78, 5) is 12.1. The Kier molecular flexibility index (Phi) is 4.63. The third kappa shape index (κ3) is 3.30. The van der Waals surface area contributed by atoms with Gasteiger partial charge in [0, 0.05) is 11.0 Å². The van der Waals surface area contributed by atoms with Crippen molar-refractivity contribution in [3.8, 4) is 5.75 Å². The number of anilines is 1. The summed E-state index contributed by atoms with van der Waals surface area (Å²) in [7, 11) is 1.52. The standard InChI is InChI=1S/C15H15BrN2O2/c1-20-13-7-3-6-12(14(13)17)15(19)18-9-10-4-2-5-11(16)8-10/h2-8H,9,17H2,1H3,(H,18,19). The molecule has 104 valence electrons. The van der Waals surface area contributed by atoms with Gasteiger partial charge >= 0.3 is 0 Å². The van der Waals surface area contributed by atoms with Crippen LogP contribution in [0.2, 0.25) is 0 Å². The largest absolute Gasteiger partial charge is 0.495 e. The summed E-state index contributed by atoms with van der Waals surface area (Å²) in [5.41, 5.74) is 7.67. The fourth-order valence-corrected chi connectivity index (χ4v) is 2.29. The normalized spacial score (nSPS) is 10.1. The molecule has 0 radical (unpaired) electrons. The zero-order valence-corrected chi connectivity index (χ0v) is 12.6. The lowest BCUT2D eigenvalue weighted by Crippen LogP contribution is -2.23. The van der Waals surface area contributed by atoms with Crippen molar-refractivity contribution in [2.75, 3.05) is 12.8 Å². The van der Waals surface area contributed by atoms with Crippen molar-refractivity contribution in [2.45, 2.75) is 6.54 Å². The molecule has 2 aromatic carbocycles. The highest BCUT2D eigenvalue weighted by Crippen LogP contribution is 2.24. The van der Waals surface area contributed by atoms with E-state index in [-0.39, 0.29) is 5.91 Å². The number of para-hydroxylation sites is 1. The van der Waals surface area contributed by atoms with Crippen LogP contribution < -0.4 is 15.8 Å². The topological polar surface area (TPSA) is 64.3 Å². The van der Waals surface area contributed by atoms with E-state index in [9.17, 15) is 4.79 Å². The number of benzene rings is 2. The van der Waals surface area contributed by atoms with Gasteiger partial charge in [-0.2, -0.15) is 0 Å². The van der Waals surface area contributed by atoms with Crippen LogP contribution in [0.25, 0.3) is 0 Å².